The molecule has 2 unspecified atom stereocenters. The number of carbonyl (C=O) groups excluding carboxylic acids is 1. The minimum Gasteiger partial charge on any atom is -0.388 e. The molecule has 0 spiro atoms. The van der Waals surface area contributed by atoms with Crippen molar-refractivity contribution >= 4 is 5.91 Å². The van der Waals surface area contributed by atoms with Crippen LogP contribution in [0.25, 0.3) is 0 Å². The van der Waals surface area contributed by atoms with Crippen molar-refractivity contribution in [2.24, 2.45) is 0 Å². The van der Waals surface area contributed by atoms with Gasteiger partial charge in [-0.3, -0.25) is 9.69 Å². The van der Waals surface area contributed by atoms with E-state index in [-0.39, 0.29) is 5.91 Å². The maximum atomic E-state index is 11.5. The molecule has 1 fully saturated rings. The lowest BCUT2D eigenvalue weighted by atomic mass is 9.98. The van der Waals surface area contributed by atoms with E-state index in [9.17, 15) is 9.90 Å². The van der Waals surface area contributed by atoms with Crippen LogP contribution >= 0.6 is 0 Å². The van der Waals surface area contributed by atoms with Crippen LogP contribution in [0.2, 0.25) is 0 Å². The summed E-state index contributed by atoms with van der Waals surface area (Å²) in [5.41, 5.74) is 0.984. The summed E-state index contributed by atoms with van der Waals surface area (Å²) in [5.74, 6) is 0.0894. The second kappa shape index (κ2) is 8.91. The van der Waals surface area contributed by atoms with Crippen LogP contribution in [0, 0.1) is 0 Å². The molecule has 0 radical (unpaired) electrons. The van der Waals surface area contributed by atoms with Crippen LogP contribution in [0.15, 0.2) is 30.3 Å². The monoisotopic (exact) mass is 304 g/mol. The molecule has 0 bridgehead atoms. The lowest BCUT2D eigenvalue weighted by Gasteiger charge is -2.31. The zero-order valence-corrected chi connectivity index (χ0v) is 13.5. The number of nitrogens with one attached hydrogen (secondary N) is 1. The Bertz CT molecular complexity index is 450. The molecule has 4 heteroatoms. The van der Waals surface area contributed by atoms with E-state index < -0.39 is 6.10 Å². The summed E-state index contributed by atoms with van der Waals surface area (Å²) in [6, 6.07) is 10.2. The first-order valence-electron chi connectivity index (χ1n) is 8.38. The van der Waals surface area contributed by atoms with Crippen molar-refractivity contribution in [2.45, 2.75) is 50.7 Å². The maximum absolute atomic E-state index is 11.5. The van der Waals surface area contributed by atoms with Crippen LogP contribution in [0.3, 0.4) is 0 Å². The molecule has 1 aliphatic heterocycles. The molecule has 0 saturated carbocycles. The highest BCUT2D eigenvalue weighted by Crippen LogP contribution is 2.26. The van der Waals surface area contributed by atoms with Crippen LogP contribution in [-0.2, 0) is 4.79 Å². The maximum Gasteiger partial charge on any atom is 0.221 e. The predicted octanol–water partition coefficient (Wildman–Crippen LogP) is 2.49. The highest BCUT2D eigenvalue weighted by Gasteiger charge is 2.24. The summed E-state index contributed by atoms with van der Waals surface area (Å²) >= 11 is 0. The molecule has 1 aromatic rings. The fourth-order valence-corrected chi connectivity index (χ4v) is 3.24. The number of hydrogen-bond donors (Lipinski definition) is 2. The van der Waals surface area contributed by atoms with Gasteiger partial charge >= 0.3 is 0 Å². The largest absolute Gasteiger partial charge is 0.388 e. The zero-order chi connectivity index (χ0) is 15.8. The second-order valence-electron chi connectivity index (χ2n) is 6.12. The summed E-state index contributed by atoms with van der Waals surface area (Å²) in [4.78, 5) is 13.9. The molecule has 1 aliphatic rings. The first kappa shape index (κ1) is 17.0. The molecule has 1 saturated heterocycles. The van der Waals surface area contributed by atoms with Crippen molar-refractivity contribution in [3.05, 3.63) is 35.9 Å². The molecule has 0 aromatic heterocycles. The van der Waals surface area contributed by atoms with E-state index in [1.54, 1.807) is 7.05 Å². The van der Waals surface area contributed by atoms with Gasteiger partial charge in [-0.05, 0) is 31.4 Å². The van der Waals surface area contributed by atoms with Gasteiger partial charge < -0.3 is 10.4 Å². The average molecular weight is 304 g/mol. The van der Waals surface area contributed by atoms with Crippen molar-refractivity contribution in [2.75, 3.05) is 20.1 Å². The van der Waals surface area contributed by atoms with Gasteiger partial charge in [-0.1, -0.05) is 43.2 Å². The number of aliphatic hydroxyl groups excluding tert-OH is 1. The molecule has 1 aromatic carbocycles. The Morgan fingerprint density at radius 1 is 1.32 bits per heavy atom. The van der Waals surface area contributed by atoms with Gasteiger partial charge in [-0.2, -0.15) is 0 Å². The van der Waals surface area contributed by atoms with Gasteiger partial charge in [0.1, 0.15) is 0 Å². The third-order valence-corrected chi connectivity index (χ3v) is 4.58. The van der Waals surface area contributed by atoms with Gasteiger partial charge in [0.05, 0.1) is 6.10 Å². The number of likely N-dealkylation sites (tertiary alicyclic amines) is 1. The summed E-state index contributed by atoms with van der Waals surface area (Å²) < 4.78 is 0. The normalized spacial score (nSPS) is 21.1. The fraction of sp³-hybridized carbons (Fsp3) is 0.611. The SMILES string of the molecule is CNC(=O)CCN1CCCCCC1CC(O)c1ccccc1. The Morgan fingerprint density at radius 3 is 2.82 bits per heavy atom. The van der Waals surface area contributed by atoms with E-state index in [1.807, 2.05) is 30.3 Å². The van der Waals surface area contributed by atoms with E-state index in [2.05, 4.69) is 10.2 Å². The fourth-order valence-electron chi connectivity index (χ4n) is 3.24. The highest BCUT2D eigenvalue weighted by atomic mass is 16.3. The van der Waals surface area contributed by atoms with Gasteiger partial charge in [0.25, 0.3) is 0 Å². The summed E-state index contributed by atoms with van der Waals surface area (Å²) in [6.45, 7) is 1.81. The molecule has 122 valence electrons. The molecule has 1 amide bonds. The van der Waals surface area contributed by atoms with E-state index in [0.717, 1.165) is 31.5 Å². The molecular weight excluding hydrogens is 276 g/mol. The highest BCUT2D eigenvalue weighted by molar-refractivity contribution is 5.75. The third-order valence-electron chi connectivity index (χ3n) is 4.58. The minimum absolute atomic E-state index is 0.0894. The van der Waals surface area contributed by atoms with E-state index in [4.69, 9.17) is 0 Å². The van der Waals surface area contributed by atoms with Gasteiger partial charge in [0.2, 0.25) is 5.91 Å². The van der Waals surface area contributed by atoms with Gasteiger partial charge in [-0.15, -0.1) is 0 Å². The molecule has 1 heterocycles. The van der Waals surface area contributed by atoms with Gasteiger partial charge in [0, 0.05) is 26.1 Å². The topological polar surface area (TPSA) is 52.6 Å². The minimum atomic E-state index is -0.424. The number of amides is 1. The Balaban J connectivity index is 1.96. The van der Waals surface area contributed by atoms with E-state index in [0.29, 0.717) is 12.5 Å². The van der Waals surface area contributed by atoms with Crippen LogP contribution in [0.4, 0.5) is 0 Å². The van der Waals surface area contributed by atoms with E-state index >= 15 is 0 Å². The number of aliphatic hydroxyl groups is 1. The summed E-state index contributed by atoms with van der Waals surface area (Å²) in [6.07, 6.45) is 5.61. The van der Waals surface area contributed by atoms with Crippen molar-refractivity contribution in [1.29, 1.82) is 0 Å². The lowest BCUT2D eigenvalue weighted by molar-refractivity contribution is -0.121. The standard InChI is InChI=1S/C18H28N2O2/c1-19-18(22)11-13-20-12-7-3-6-10-16(20)14-17(21)15-8-4-2-5-9-15/h2,4-5,8-9,16-17,21H,3,6-7,10-14H2,1H3,(H,19,22). The molecule has 2 atom stereocenters. The van der Waals surface area contributed by atoms with Crippen molar-refractivity contribution in [3.8, 4) is 0 Å². The first-order chi connectivity index (χ1) is 10.7. The Kier molecular flexibility index (Phi) is 6.87. The van der Waals surface area contributed by atoms with Crippen LogP contribution < -0.4 is 5.32 Å². The molecule has 2 N–H and O–H groups in total. The second-order valence-corrected chi connectivity index (χ2v) is 6.12. The number of carbonyl (C=O) groups is 1. The molecular formula is C18H28N2O2. The molecule has 22 heavy (non-hydrogen) atoms. The van der Waals surface area contributed by atoms with Crippen LogP contribution in [-0.4, -0.2) is 42.1 Å². The lowest BCUT2D eigenvalue weighted by Crippen LogP contribution is -2.38. The number of nitrogens with zero attached hydrogens (tertiary/aromatic N) is 1. The van der Waals surface area contributed by atoms with Gasteiger partial charge in [0.15, 0.2) is 0 Å². The first-order valence-corrected chi connectivity index (χ1v) is 8.38. The average Bonchev–Trinajstić information content (AvgIpc) is 2.78. The number of rotatable bonds is 6. The Labute approximate surface area is 133 Å². The number of hydrogen-bond acceptors (Lipinski definition) is 3. The van der Waals surface area contributed by atoms with Crippen molar-refractivity contribution in [3.63, 3.8) is 0 Å². The summed E-state index contributed by atoms with van der Waals surface area (Å²) in [7, 11) is 1.68. The Hall–Kier alpha value is -1.39. The van der Waals surface area contributed by atoms with Crippen LogP contribution in [0.1, 0.15) is 50.2 Å². The third kappa shape index (κ3) is 5.11. The van der Waals surface area contributed by atoms with Gasteiger partial charge in [-0.25, -0.2) is 0 Å². The molecule has 0 aliphatic carbocycles. The number of benzene rings is 1. The molecule has 2 rings (SSSR count). The smallest absolute Gasteiger partial charge is 0.221 e. The molecule has 4 nitrogen and oxygen atoms in total. The van der Waals surface area contributed by atoms with Crippen molar-refractivity contribution in [1.82, 2.24) is 10.2 Å². The van der Waals surface area contributed by atoms with Crippen molar-refractivity contribution < 1.29 is 9.90 Å². The Morgan fingerprint density at radius 2 is 2.09 bits per heavy atom. The van der Waals surface area contributed by atoms with Crippen LogP contribution in [0.5, 0.6) is 0 Å². The van der Waals surface area contributed by atoms with E-state index in [1.165, 1.54) is 19.3 Å². The summed E-state index contributed by atoms with van der Waals surface area (Å²) in [5, 5.41) is 13.2. The zero-order valence-electron chi connectivity index (χ0n) is 13.5. The quantitative estimate of drug-likeness (QED) is 0.849. The predicted molar refractivity (Wildman–Crippen MR) is 88.5 cm³/mol.